The van der Waals surface area contributed by atoms with Gasteiger partial charge in [-0.25, -0.2) is 9.97 Å². The van der Waals surface area contributed by atoms with E-state index in [-0.39, 0.29) is 17.7 Å². The van der Waals surface area contributed by atoms with E-state index in [2.05, 4.69) is 54.0 Å². The van der Waals surface area contributed by atoms with Crippen LogP contribution in [0.3, 0.4) is 0 Å². The van der Waals surface area contributed by atoms with Crippen LogP contribution >= 0.6 is 0 Å². The number of hydrogen-bond donors (Lipinski definition) is 3. The molecular formula is C29H28N8O2. The molecule has 0 saturated carbocycles. The first-order valence-corrected chi connectivity index (χ1v) is 12.6. The fourth-order valence-corrected chi connectivity index (χ4v) is 4.48. The summed E-state index contributed by atoms with van der Waals surface area (Å²) >= 11 is 0. The molecule has 0 saturated heterocycles. The van der Waals surface area contributed by atoms with Crippen LogP contribution in [0.1, 0.15) is 32.1 Å². The Morgan fingerprint density at radius 1 is 1.05 bits per heavy atom. The fourth-order valence-electron chi connectivity index (χ4n) is 4.48. The number of hydrogen-bond acceptors (Lipinski definition) is 7. The smallest absolute Gasteiger partial charge is 0.230 e. The third kappa shape index (κ3) is 4.96. The Kier molecular flexibility index (Phi) is 5.86. The lowest BCUT2D eigenvalue weighted by Gasteiger charge is -2.12. The molecule has 4 aromatic heterocycles. The second-order valence-electron chi connectivity index (χ2n) is 10.6. The van der Waals surface area contributed by atoms with Gasteiger partial charge >= 0.3 is 0 Å². The highest BCUT2D eigenvalue weighted by Crippen LogP contribution is 2.33. The molecule has 10 nitrogen and oxygen atoms in total. The Morgan fingerprint density at radius 2 is 1.87 bits per heavy atom. The number of aromatic amines is 1. The van der Waals surface area contributed by atoms with Crippen LogP contribution in [0.15, 0.2) is 71.8 Å². The Balaban J connectivity index is 1.18. The van der Waals surface area contributed by atoms with Gasteiger partial charge in [0.2, 0.25) is 5.91 Å². The summed E-state index contributed by atoms with van der Waals surface area (Å²) in [4.78, 5) is 24.9. The maximum atomic E-state index is 12.5. The second-order valence-corrected chi connectivity index (χ2v) is 10.6. The normalized spacial score (nSPS) is 11.8. The van der Waals surface area contributed by atoms with E-state index in [9.17, 15) is 4.79 Å². The van der Waals surface area contributed by atoms with E-state index in [1.807, 2.05) is 64.5 Å². The molecule has 6 aromatic rings. The summed E-state index contributed by atoms with van der Waals surface area (Å²) in [5, 5.41) is 16.4. The molecule has 2 aromatic carbocycles. The number of benzene rings is 2. The predicted octanol–water partition coefficient (Wildman–Crippen LogP) is 5.72. The number of nitrogens with one attached hydrogen (secondary N) is 3. The first kappa shape index (κ1) is 24.4. The number of amides is 1. The number of aromatic nitrogens is 6. The lowest BCUT2D eigenvalue weighted by Crippen LogP contribution is -2.14. The lowest BCUT2D eigenvalue weighted by atomic mass is 9.93. The van der Waals surface area contributed by atoms with Crippen molar-refractivity contribution in [1.82, 2.24) is 29.9 Å². The third-order valence-corrected chi connectivity index (χ3v) is 6.53. The fraction of sp³-hybridized carbons (Fsp3) is 0.207. The third-order valence-electron chi connectivity index (χ3n) is 6.53. The standard InChI is InChI=1S/C29H28N8O2/c1-29(2,3)23-13-24(36-39-23)35-25(38)11-17-5-8-20(9-6-17)33-27-26-21-10-7-18(19-14-32-37(4)15-19)12-22(21)34-28(26)31-16-30-27/h5-10,12-16H,11H2,1-4H3,(H,35,36,38)(H2,30,31,33,34). The number of carbonyl (C=O) groups excluding carboxylic acids is 1. The number of nitrogens with zero attached hydrogens (tertiary/aromatic N) is 5. The molecule has 0 aliphatic rings. The molecule has 0 spiro atoms. The zero-order valence-electron chi connectivity index (χ0n) is 22.1. The topological polar surface area (TPSA) is 127 Å². The summed E-state index contributed by atoms with van der Waals surface area (Å²) in [5.41, 5.74) is 5.39. The van der Waals surface area contributed by atoms with E-state index in [0.717, 1.165) is 50.1 Å². The average molecular weight is 521 g/mol. The van der Waals surface area contributed by atoms with Gasteiger partial charge in [-0.05, 0) is 29.3 Å². The number of anilines is 3. The summed E-state index contributed by atoms with van der Waals surface area (Å²) in [5.74, 6) is 1.68. The molecule has 0 bridgehead atoms. The summed E-state index contributed by atoms with van der Waals surface area (Å²) in [6.45, 7) is 6.08. The van der Waals surface area contributed by atoms with Crippen LogP contribution < -0.4 is 10.6 Å². The molecule has 196 valence electrons. The van der Waals surface area contributed by atoms with Crippen molar-refractivity contribution in [2.24, 2.45) is 7.05 Å². The molecule has 4 heterocycles. The van der Waals surface area contributed by atoms with Gasteiger partial charge in [0.25, 0.3) is 0 Å². The monoisotopic (exact) mass is 520 g/mol. The van der Waals surface area contributed by atoms with Gasteiger partial charge in [0.1, 0.15) is 23.6 Å². The molecule has 0 atom stereocenters. The molecule has 0 aliphatic carbocycles. The van der Waals surface area contributed by atoms with Crippen LogP contribution in [0.4, 0.5) is 17.3 Å². The van der Waals surface area contributed by atoms with Crippen LogP contribution in [0, 0.1) is 0 Å². The van der Waals surface area contributed by atoms with Crippen LogP contribution in [-0.4, -0.2) is 35.8 Å². The molecule has 1 amide bonds. The average Bonchev–Trinajstić information content (AvgIpc) is 3.63. The zero-order valence-corrected chi connectivity index (χ0v) is 22.1. The number of rotatable bonds is 6. The van der Waals surface area contributed by atoms with Gasteiger partial charge < -0.3 is 20.1 Å². The van der Waals surface area contributed by atoms with Crippen molar-refractivity contribution < 1.29 is 9.32 Å². The molecule has 39 heavy (non-hydrogen) atoms. The number of H-pyrrole nitrogens is 1. The van der Waals surface area contributed by atoms with Crippen molar-refractivity contribution in [2.75, 3.05) is 10.6 Å². The molecule has 0 radical (unpaired) electrons. The Hall–Kier alpha value is -4.99. The van der Waals surface area contributed by atoms with Gasteiger partial charge in [-0.3, -0.25) is 9.48 Å². The zero-order chi connectivity index (χ0) is 27.1. The highest BCUT2D eigenvalue weighted by molar-refractivity contribution is 6.12. The largest absolute Gasteiger partial charge is 0.359 e. The molecule has 3 N–H and O–H groups in total. The van der Waals surface area contributed by atoms with Gasteiger partial charge in [0, 0.05) is 46.9 Å². The minimum atomic E-state index is -0.177. The lowest BCUT2D eigenvalue weighted by molar-refractivity contribution is -0.115. The van der Waals surface area contributed by atoms with Crippen LogP contribution in [0.2, 0.25) is 0 Å². The Morgan fingerprint density at radius 3 is 2.59 bits per heavy atom. The van der Waals surface area contributed by atoms with Gasteiger partial charge in [-0.15, -0.1) is 0 Å². The predicted molar refractivity (Wildman–Crippen MR) is 151 cm³/mol. The van der Waals surface area contributed by atoms with Gasteiger partial charge in [-0.1, -0.05) is 50.2 Å². The van der Waals surface area contributed by atoms with Crippen molar-refractivity contribution in [3.8, 4) is 11.1 Å². The minimum absolute atomic E-state index is 0.161. The van der Waals surface area contributed by atoms with Gasteiger partial charge in [0.15, 0.2) is 5.82 Å². The number of carbonyl (C=O) groups is 1. The molecule has 0 unspecified atom stereocenters. The van der Waals surface area contributed by atoms with Crippen molar-refractivity contribution >= 4 is 45.2 Å². The first-order valence-electron chi connectivity index (χ1n) is 12.6. The number of fused-ring (bicyclic) bond motifs is 3. The Labute approximate surface area is 224 Å². The van der Waals surface area contributed by atoms with E-state index < -0.39 is 0 Å². The van der Waals surface area contributed by atoms with Gasteiger partial charge in [-0.2, -0.15) is 5.10 Å². The van der Waals surface area contributed by atoms with Crippen molar-refractivity contribution in [1.29, 1.82) is 0 Å². The summed E-state index contributed by atoms with van der Waals surface area (Å²) in [7, 11) is 1.90. The highest BCUT2D eigenvalue weighted by Gasteiger charge is 2.20. The van der Waals surface area contributed by atoms with E-state index >= 15 is 0 Å². The molecule has 10 heteroatoms. The SMILES string of the molecule is Cn1cc(-c2ccc3c(c2)[nH]c2ncnc(Nc4ccc(CC(=O)Nc5cc(C(C)(C)C)on5)cc4)c23)cn1. The van der Waals surface area contributed by atoms with Crippen molar-refractivity contribution in [3.63, 3.8) is 0 Å². The maximum absolute atomic E-state index is 12.5. The van der Waals surface area contributed by atoms with Gasteiger partial charge in [0.05, 0.1) is 18.0 Å². The summed E-state index contributed by atoms with van der Waals surface area (Å²) in [6, 6.07) is 15.7. The molecule has 0 aliphatic heterocycles. The summed E-state index contributed by atoms with van der Waals surface area (Å²) in [6.07, 6.45) is 5.59. The Bertz CT molecular complexity index is 1810. The van der Waals surface area contributed by atoms with E-state index in [4.69, 9.17) is 4.52 Å². The molecule has 6 rings (SSSR count). The quantitative estimate of drug-likeness (QED) is 0.256. The molecular weight excluding hydrogens is 492 g/mol. The van der Waals surface area contributed by atoms with Crippen molar-refractivity contribution in [3.05, 3.63) is 78.6 Å². The van der Waals surface area contributed by atoms with Crippen molar-refractivity contribution in [2.45, 2.75) is 32.6 Å². The first-order chi connectivity index (χ1) is 18.7. The highest BCUT2D eigenvalue weighted by atomic mass is 16.5. The summed E-state index contributed by atoms with van der Waals surface area (Å²) < 4.78 is 7.13. The maximum Gasteiger partial charge on any atom is 0.230 e. The van der Waals surface area contributed by atoms with E-state index in [1.165, 1.54) is 6.33 Å². The molecule has 0 fully saturated rings. The second kappa shape index (κ2) is 9.39. The van der Waals surface area contributed by atoms with E-state index in [1.54, 1.807) is 10.7 Å². The van der Waals surface area contributed by atoms with Crippen LogP contribution in [0.25, 0.3) is 33.1 Å². The van der Waals surface area contributed by atoms with Crippen LogP contribution in [0.5, 0.6) is 0 Å². The van der Waals surface area contributed by atoms with E-state index in [0.29, 0.717) is 11.6 Å². The van der Waals surface area contributed by atoms with Crippen LogP contribution in [-0.2, 0) is 23.7 Å². The minimum Gasteiger partial charge on any atom is -0.359 e. The number of aryl methyl sites for hydroxylation is 1.